The van der Waals surface area contributed by atoms with Gasteiger partial charge in [0.1, 0.15) is 5.82 Å². The van der Waals surface area contributed by atoms with Crippen LogP contribution in [0.3, 0.4) is 0 Å². The molecule has 0 spiro atoms. The Kier molecular flexibility index (Phi) is 4.93. The zero-order chi connectivity index (χ0) is 13.7. The van der Waals surface area contributed by atoms with E-state index in [1.165, 1.54) is 5.56 Å². The third-order valence-electron chi connectivity index (χ3n) is 2.80. The Labute approximate surface area is 122 Å². The molecule has 0 aliphatic rings. The first kappa shape index (κ1) is 14.0. The minimum atomic E-state index is 0.129. The number of nitrogens with zero attached hydrogens (tertiary/aromatic N) is 1. The predicted molar refractivity (Wildman–Crippen MR) is 81.7 cm³/mol. The molecule has 1 atom stereocenters. The first-order valence-electron chi connectivity index (χ1n) is 6.29. The van der Waals surface area contributed by atoms with Crippen molar-refractivity contribution in [2.24, 2.45) is 0 Å². The Hall–Kier alpha value is -1.39. The van der Waals surface area contributed by atoms with Crippen molar-refractivity contribution in [1.29, 1.82) is 0 Å². The molecule has 0 radical (unpaired) electrons. The third kappa shape index (κ3) is 4.04. The molecule has 0 bridgehead atoms. The molecular weight excluding hydrogens is 304 g/mol. The summed E-state index contributed by atoms with van der Waals surface area (Å²) in [5, 5.41) is 3.26. The molecule has 4 heteroatoms. The fourth-order valence-electron chi connectivity index (χ4n) is 1.78. The maximum Gasteiger partial charge on any atom is 0.130 e. The van der Waals surface area contributed by atoms with Crippen LogP contribution in [0.2, 0.25) is 0 Å². The van der Waals surface area contributed by atoms with Gasteiger partial charge in [0.25, 0.3) is 0 Å². The zero-order valence-corrected chi connectivity index (χ0v) is 12.6. The number of hydrogen-bond acceptors (Lipinski definition) is 3. The Morgan fingerprint density at radius 3 is 2.53 bits per heavy atom. The molecule has 0 aliphatic heterocycles. The largest absolute Gasteiger partial charge is 0.374 e. The van der Waals surface area contributed by atoms with Crippen molar-refractivity contribution in [3.05, 3.63) is 52.6 Å². The molecule has 100 valence electrons. The highest BCUT2D eigenvalue weighted by Crippen LogP contribution is 2.21. The van der Waals surface area contributed by atoms with Crippen LogP contribution in [0.4, 0.5) is 11.5 Å². The van der Waals surface area contributed by atoms with E-state index in [0.29, 0.717) is 0 Å². The number of benzene rings is 1. The molecule has 0 fully saturated rings. The van der Waals surface area contributed by atoms with E-state index >= 15 is 0 Å². The highest BCUT2D eigenvalue weighted by atomic mass is 79.9. The number of anilines is 2. The zero-order valence-electron chi connectivity index (χ0n) is 11.1. The van der Waals surface area contributed by atoms with Gasteiger partial charge >= 0.3 is 0 Å². The molecule has 3 nitrogen and oxygen atoms in total. The number of nitrogens with one attached hydrogen (secondary N) is 1. The standard InChI is InChI=1S/C15H17BrN2O/c1-3-19-11(2)12-4-7-14(8-5-12)18-15-9-6-13(16)10-17-15/h4-11H,3H2,1-2H3,(H,17,18). The van der Waals surface area contributed by atoms with Crippen molar-refractivity contribution in [2.75, 3.05) is 11.9 Å². The highest BCUT2D eigenvalue weighted by molar-refractivity contribution is 9.10. The summed E-state index contributed by atoms with van der Waals surface area (Å²) >= 11 is 3.37. The van der Waals surface area contributed by atoms with Gasteiger partial charge in [0.2, 0.25) is 0 Å². The maximum absolute atomic E-state index is 5.56. The van der Waals surface area contributed by atoms with Gasteiger partial charge in [0.15, 0.2) is 0 Å². The average Bonchev–Trinajstić information content (AvgIpc) is 2.42. The normalized spacial score (nSPS) is 12.2. The van der Waals surface area contributed by atoms with E-state index in [0.717, 1.165) is 22.6 Å². The Balaban J connectivity index is 2.04. The van der Waals surface area contributed by atoms with Gasteiger partial charge in [-0.1, -0.05) is 12.1 Å². The van der Waals surface area contributed by atoms with Gasteiger partial charge in [-0.3, -0.25) is 0 Å². The van der Waals surface area contributed by atoms with Crippen molar-refractivity contribution in [1.82, 2.24) is 4.98 Å². The molecule has 1 unspecified atom stereocenters. The second-order valence-corrected chi connectivity index (χ2v) is 5.12. The van der Waals surface area contributed by atoms with E-state index in [1.807, 2.05) is 31.2 Å². The fraction of sp³-hybridized carbons (Fsp3) is 0.267. The SMILES string of the molecule is CCOC(C)c1ccc(Nc2ccc(Br)cn2)cc1. The van der Waals surface area contributed by atoms with Gasteiger partial charge in [0, 0.05) is 23.0 Å². The smallest absolute Gasteiger partial charge is 0.130 e. The lowest BCUT2D eigenvalue weighted by molar-refractivity contribution is 0.0764. The van der Waals surface area contributed by atoms with Crippen LogP contribution < -0.4 is 5.32 Å². The Morgan fingerprint density at radius 2 is 1.95 bits per heavy atom. The van der Waals surface area contributed by atoms with Gasteiger partial charge in [-0.2, -0.15) is 0 Å². The van der Waals surface area contributed by atoms with Gasteiger partial charge in [-0.25, -0.2) is 4.98 Å². The molecule has 1 aromatic carbocycles. The fourth-order valence-corrected chi connectivity index (χ4v) is 2.02. The summed E-state index contributed by atoms with van der Waals surface area (Å²) in [5.41, 5.74) is 2.19. The van der Waals surface area contributed by atoms with E-state index in [1.54, 1.807) is 6.20 Å². The van der Waals surface area contributed by atoms with Gasteiger partial charge in [-0.15, -0.1) is 0 Å². The van der Waals surface area contributed by atoms with Crippen molar-refractivity contribution in [2.45, 2.75) is 20.0 Å². The van der Waals surface area contributed by atoms with Crippen LogP contribution in [0, 0.1) is 0 Å². The summed E-state index contributed by atoms with van der Waals surface area (Å²) < 4.78 is 6.53. The number of hydrogen-bond donors (Lipinski definition) is 1. The van der Waals surface area contributed by atoms with Crippen LogP contribution in [0.15, 0.2) is 47.1 Å². The molecule has 2 aromatic rings. The Bertz CT molecular complexity index is 511. The van der Waals surface area contributed by atoms with Crippen molar-refractivity contribution >= 4 is 27.4 Å². The monoisotopic (exact) mass is 320 g/mol. The first-order chi connectivity index (χ1) is 9.19. The van der Waals surface area contributed by atoms with Gasteiger partial charge in [0.05, 0.1) is 6.10 Å². The molecule has 0 amide bonds. The van der Waals surface area contributed by atoms with Crippen molar-refractivity contribution in [3.63, 3.8) is 0 Å². The van der Waals surface area contributed by atoms with Crippen LogP contribution in [-0.4, -0.2) is 11.6 Å². The maximum atomic E-state index is 5.56. The summed E-state index contributed by atoms with van der Waals surface area (Å²) in [6.07, 6.45) is 1.90. The second kappa shape index (κ2) is 6.68. The van der Waals surface area contributed by atoms with Gasteiger partial charge < -0.3 is 10.1 Å². The number of rotatable bonds is 5. The second-order valence-electron chi connectivity index (χ2n) is 4.21. The number of halogens is 1. The third-order valence-corrected chi connectivity index (χ3v) is 3.27. The van der Waals surface area contributed by atoms with E-state index in [-0.39, 0.29) is 6.10 Å². The van der Waals surface area contributed by atoms with Crippen LogP contribution in [0.5, 0.6) is 0 Å². The molecule has 1 heterocycles. The molecule has 1 N–H and O–H groups in total. The highest BCUT2D eigenvalue weighted by Gasteiger charge is 2.04. The summed E-state index contributed by atoms with van der Waals surface area (Å²) in [5.74, 6) is 0.828. The number of ether oxygens (including phenoxy) is 1. The average molecular weight is 321 g/mol. The summed E-state index contributed by atoms with van der Waals surface area (Å²) in [6.45, 7) is 4.79. The molecule has 19 heavy (non-hydrogen) atoms. The van der Waals surface area contributed by atoms with Crippen LogP contribution in [0.1, 0.15) is 25.5 Å². The molecule has 0 aliphatic carbocycles. The minimum Gasteiger partial charge on any atom is -0.374 e. The summed E-state index contributed by atoms with van der Waals surface area (Å²) in [6, 6.07) is 12.1. The Morgan fingerprint density at radius 1 is 1.21 bits per heavy atom. The van der Waals surface area contributed by atoms with Crippen molar-refractivity contribution in [3.8, 4) is 0 Å². The lowest BCUT2D eigenvalue weighted by Gasteiger charge is -2.13. The molecular formula is C15H17BrN2O. The molecule has 1 aromatic heterocycles. The number of aromatic nitrogens is 1. The van der Waals surface area contributed by atoms with Crippen LogP contribution >= 0.6 is 15.9 Å². The summed E-state index contributed by atoms with van der Waals surface area (Å²) in [4.78, 5) is 4.28. The molecule has 0 saturated carbocycles. The van der Waals surface area contributed by atoms with Crippen molar-refractivity contribution < 1.29 is 4.74 Å². The van der Waals surface area contributed by atoms with Crippen LogP contribution in [-0.2, 0) is 4.74 Å². The summed E-state index contributed by atoms with van der Waals surface area (Å²) in [7, 11) is 0. The van der Waals surface area contributed by atoms with Gasteiger partial charge in [-0.05, 0) is 59.6 Å². The topological polar surface area (TPSA) is 34.1 Å². The quantitative estimate of drug-likeness (QED) is 0.868. The van der Waals surface area contributed by atoms with E-state index in [4.69, 9.17) is 4.74 Å². The minimum absolute atomic E-state index is 0.129. The lowest BCUT2D eigenvalue weighted by Crippen LogP contribution is -1.99. The lowest BCUT2D eigenvalue weighted by atomic mass is 10.1. The molecule has 0 saturated heterocycles. The van der Waals surface area contributed by atoms with Crippen LogP contribution in [0.25, 0.3) is 0 Å². The van der Waals surface area contributed by atoms with E-state index in [2.05, 4.69) is 45.3 Å². The molecule has 2 rings (SSSR count). The van der Waals surface area contributed by atoms with E-state index in [9.17, 15) is 0 Å². The number of pyridine rings is 1. The van der Waals surface area contributed by atoms with E-state index < -0.39 is 0 Å². The predicted octanol–water partition coefficient (Wildman–Crippen LogP) is 4.69. The first-order valence-corrected chi connectivity index (χ1v) is 7.08.